The summed E-state index contributed by atoms with van der Waals surface area (Å²) in [7, 11) is 0. The molecule has 0 saturated carbocycles. The van der Waals surface area contributed by atoms with Crippen LogP contribution in [0.2, 0.25) is 0 Å². The fourth-order valence-electron chi connectivity index (χ4n) is 0. The molecule has 0 saturated heterocycles. The molecule has 0 unspecified atom stereocenters. The maximum atomic E-state index is 2.00. The number of rotatable bonds is 0. The van der Waals surface area contributed by atoms with E-state index in [2.05, 4.69) is 0 Å². The Balaban J connectivity index is -0.00000000346. The second-order valence-electron chi connectivity index (χ2n) is 0. The minimum Gasteiger partial charge on any atom is -0.0776 e. The van der Waals surface area contributed by atoms with Gasteiger partial charge in [0.05, 0.1) is 0 Å². The Morgan fingerprint density at radius 3 is 0.0577 bits per heavy atom. The van der Waals surface area contributed by atoms with Gasteiger partial charge in [0.15, 0.2) is 0 Å². The van der Waals surface area contributed by atoms with Crippen LogP contribution in [-0.2, 0) is 0 Å². The van der Waals surface area contributed by atoms with Crippen molar-refractivity contribution in [3.8, 4) is 0 Å². The van der Waals surface area contributed by atoms with Crippen LogP contribution in [0.3, 0.4) is 0 Å². The van der Waals surface area contributed by atoms with E-state index >= 15 is 0 Å². The summed E-state index contributed by atoms with van der Waals surface area (Å²) >= 11 is 0. The Bertz CT molecular complexity index is 0. The van der Waals surface area contributed by atoms with Crippen LogP contribution in [0, 0.1) is 0 Å². The van der Waals surface area contributed by atoms with Crippen LogP contribution in [0.1, 0.15) is 364 Å². The third-order valence-corrected chi connectivity index (χ3v) is 0. The van der Waals surface area contributed by atoms with Crippen molar-refractivity contribution in [2.24, 2.45) is 0 Å². The second kappa shape index (κ2) is 0. The summed E-state index contributed by atoms with van der Waals surface area (Å²) < 4.78 is 0. The maximum Gasteiger partial charge on any atom is -0.0683 e. The van der Waals surface area contributed by atoms with Crippen molar-refractivity contribution in [2.45, 2.75) is 364 Å². The Labute approximate surface area is 363 Å². The largest absolute Gasteiger partial charge is 0.0776 e. The first-order chi connectivity index (χ1) is 22.0. The molecular weight excluding hydrogens is 625 g/mol. The van der Waals surface area contributed by atoms with Crippen molar-refractivity contribution in [2.75, 3.05) is 0 Å². The normalized spacial score (nSPS) is 2.54. The van der Waals surface area contributed by atoms with Crippen LogP contribution in [0.25, 0.3) is 0 Å². The van der Waals surface area contributed by atoms with Gasteiger partial charge in [-0.25, -0.2) is 0 Å². The molecule has 0 heterocycles. The summed E-state index contributed by atoms with van der Waals surface area (Å²) in [5.41, 5.74) is 0. The highest BCUT2D eigenvalue weighted by atomic mass is 13.1. The molecule has 0 nitrogen and oxygen atoms in total. The zero-order valence-corrected chi connectivity index (χ0v) is 44.0. The lowest BCUT2D eigenvalue weighted by Crippen LogP contribution is -0.856. The summed E-state index contributed by atoms with van der Waals surface area (Å²) in [6.07, 6.45) is 0. The molecule has 0 atom stereocenters. The van der Waals surface area contributed by atoms with Gasteiger partial charge in [0.25, 0.3) is 0 Å². The molecule has 0 radical (unpaired) electrons. The van der Waals surface area contributed by atoms with E-state index in [0.29, 0.717) is 0 Å². The topological polar surface area (TPSA) is 0 Å². The van der Waals surface area contributed by atoms with E-state index in [1.165, 1.54) is 0 Å². The minimum atomic E-state index is 0. The summed E-state index contributed by atoms with van der Waals surface area (Å²) in [6.45, 7) is 88.0. The van der Waals surface area contributed by atoms with Crippen LogP contribution in [-0.4, -0.2) is 0 Å². The molecule has 0 aliphatic carbocycles. The Morgan fingerprint density at radius 1 is 0.0577 bits per heavy atom. The first kappa shape index (κ1) is 279. The zero-order chi connectivity index (χ0) is 44.0. The molecule has 0 aromatic heterocycles. The van der Waals surface area contributed by atoms with E-state index < -0.39 is 0 Å². The lowest BCUT2D eigenvalue weighted by atomic mass is 11.0. The Kier molecular flexibility index (Phi) is 0. The molecule has 0 heteroatoms. The predicted octanol–water partition coefficient (Wildman–Crippen LogP) is 27.7. The second-order valence-corrected chi connectivity index (χ2v) is 0. The molecule has 0 rings (SSSR count). The third kappa shape index (κ3) is 0. The molecule has 372 valence electrons. The van der Waals surface area contributed by atoms with Crippen molar-refractivity contribution < 1.29 is 0 Å². The van der Waals surface area contributed by atoms with Crippen LogP contribution < -0.4 is 0 Å². The summed E-state index contributed by atoms with van der Waals surface area (Å²) in [5.74, 6) is 0. The van der Waals surface area contributed by atoms with Crippen LogP contribution in [0.5, 0.6) is 0 Å². The predicted molar refractivity (Wildman–Crippen MR) is 304 cm³/mol. The quantitative estimate of drug-likeness (QED) is 0.229. The molecule has 0 amide bonds. The average Bonchev–Trinajstić information content (AvgIpc) is 3.28. The zero-order valence-electron chi connectivity index (χ0n) is 44.0. The third-order valence-electron chi connectivity index (χ3n) is 0. The van der Waals surface area contributed by atoms with E-state index in [-0.39, 0.29) is 59.4 Å². The van der Waals surface area contributed by atoms with Crippen molar-refractivity contribution in [3.63, 3.8) is 0 Å². The van der Waals surface area contributed by atoms with E-state index in [1.54, 1.807) is 0 Å². The van der Waals surface area contributed by atoms with Crippen molar-refractivity contribution in [1.82, 2.24) is 0 Å². The van der Waals surface area contributed by atoms with Gasteiger partial charge < -0.3 is 0 Å². The highest BCUT2D eigenvalue weighted by Crippen LogP contribution is 1.19. The maximum absolute atomic E-state index is 2.00. The van der Waals surface area contributed by atoms with Crippen LogP contribution >= 0.6 is 0 Å². The highest BCUT2D eigenvalue weighted by molar-refractivity contribution is 3.55. The monoisotopic (exact) mass is 789 g/mol. The Hall–Kier alpha value is 0. The summed E-state index contributed by atoms with van der Waals surface area (Å²) in [5, 5.41) is 0. The molecule has 0 bridgehead atoms. The Morgan fingerprint density at radius 2 is 0.0577 bits per heavy atom. The smallest absolute Gasteiger partial charge is 0.0683 e. The molecule has 0 spiro atoms. The molecule has 0 fully saturated rings. The molecule has 0 aromatic carbocycles. The summed E-state index contributed by atoms with van der Waals surface area (Å²) in [4.78, 5) is 0. The van der Waals surface area contributed by atoms with Gasteiger partial charge in [-0.2, -0.15) is 0 Å². The summed E-state index contributed by atoms with van der Waals surface area (Å²) in [6, 6.07) is 0. The van der Waals surface area contributed by atoms with Gasteiger partial charge >= 0.3 is 0 Å². The van der Waals surface area contributed by atoms with E-state index in [9.17, 15) is 0 Å². The highest BCUT2D eigenvalue weighted by Gasteiger charge is 0.974. The first-order valence-corrected chi connectivity index (χ1v) is 22.0. The standard InChI is InChI=1S/22C2H6.8CH4/c22*1-2;;;;;;;;/h22*1-2H3;8*1H4. The van der Waals surface area contributed by atoms with Gasteiger partial charge in [-0.3, -0.25) is 0 Å². The van der Waals surface area contributed by atoms with Gasteiger partial charge in [-0.15, -0.1) is 0 Å². The van der Waals surface area contributed by atoms with Gasteiger partial charge in [-0.1, -0.05) is 364 Å². The first-order valence-electron chi connectivity index (χ1n) is 22.0. The fourth-order valence-corrected chi connectivity index (χ4v) is 0. The molecule has 0 N–H and O–H groups in total. The molecule has 52 heavy (non-hydrogen) atoms. The SMILES string of the molecule is C.C.C.C.C.C.C.C.CC.CC.CC.CC.CC.CC.CC.CC.CC.CC.CC.CC.CC.CC.CC.CC.CC.CC.CC.CC.CC.CC. The number of hydrogen-bond acceptors (Lipinski definition) is 0. The van der Waals surface area contributed by atoms with Gasteiger partial charge in [0.2, 0.25) is 0 Å². The molecule has 0 aliphatic rings. The van der Waals surface area contributed by atoms with Crippen molar-refractivity contribution in [1.29, 1.82) is 0 Å². The number of hydrogen-bond donors (Lipinski definition) is 0. The van der Waals surface area contributed by atoms with Gasteiger partial charge in [0.1, 0.15) is 0 Å². The molecule has 0 aliphatic heterocycles. The molecular formula is C52H164. The van der Waals surface area contributed by atoms with Crippen LogP contribution in [0.15, 0.2) is 0 Å². The van der Waals surface area contributed by atoms with Crippen molar-refractivity contribution >= 4 is 0 Å². The van der Waals surface area contributed by atoms with E-state index in [1.807, 2.05) is 305 Å². The van der Waals surface area contributed by atoms with Crippen LogP contribution in [0.4, 0.5) is 0 Å². The van der Waals surface area contributed by atoms with E-state index in [4.69, 9.17) is 0 Å². The van der Waals surface area contributed by atoms with Gasteiger partial charge in [-0.05, 0) is 0 Å². The molecule has 0 aromatic rings. The van der Waals surface area contributed by atoms with Gasteiger partial charge in [0, 0.05) is 0 Å². The minimum absolute atomic E-state index is 0. The van der Waals surface area contributed by atoms with Crippen molar-refractivity contribution in [3.05, 3.63) is 0 Å². The lowest BCUT2D eigenvalue weighted by molar-refractivity contribution is 1.50. The van der Waals surface area contributed by atoms with E-state index in [0.717, 1.165) is 0 Å². The fraction of sp³-hybridized carbons (Fsp3) is 1.00. The lowest BCUT2D eigenvalue weighted by Gasteiger charge is -1.07. The average molecular weight is 790 g/mol.